The zero-order valence-electron chi connectivity index (χ0n) is 8.85. The van der Waals surface area contributed by atoms with Gasteiger partial charge in [0.2, 0.25) is 0 Å². The summed E-state index contributed by atoms with van der Waals surface area (Å²) in [6, 6.07) is 7.24. The molecule has 1 aromatic carbocycles. The molecule has 0 saturated heterocycles. The Balaban J connectivity index is 2.38. The highest BCUT2D eigenvalue weighted by molar-refractivity contribution is 5.67. The monoisotopic (exact) mass is 225 g/mol. The van der Waals surface area contributed by atoms with E-state index in [-0.39, 0.29) is 19.8 Å². The van der Waals surface area contributed by atoms with Crippen molar-refractivity contribution < 1.29 is 19.7 Å². The van der Waals surface area contributed by atoms with E-state index in [0.29, 0.717) is 6.54 Å². The molecule has 0 aliphatic rings. The van der Waals surface area contributed by atoms with Gasteiger partial charge in [0.25, 0.3) is 0 Å². The van der Waals surface area contributed by atoms with E-state index in [1.807, 2.05) is 12.1 Å². The molecule has 0 aliphatic carbocycles. The predicted octanol–water partition coefficient (Wildman–Crippen LogP) is 0.397. The van der Waals surface area contributed by atoms with Crippen molar-refractivity contribution in [1.82, 2.24) is 5.32 Å². The van der Waals surface area contributed by atoms with Gasteiger partial charge >= 0.3 is 6.09 Å². The molecule has 0 aromatic heterocycles. The van der Waals surface area contributed by atoms with Crippen LogP contribution in [-0.4, -0.2) is 29.5 Å². The van der Waals surface area contributed by atoms with Crippen LogP contribution in [0.5, 0.6) is 0 Å². The molecule has 5 nitrogen and oxygen atoms in total. The Morgan fingerprint density at radius 1 is 1.31 bits per heavy atom. The van der Waals surface area contributed by atoms with E-state index in [9.17, 15) is 4.79 Å². The summed E-state index contributed by atoms with van der Waals surface area (Å²) in [4.78, 5) is 11.0. The van der Waals surface area contributed by atoms with Gasteiger partial charge in [-0.1, -0.05) is 24.3 Å². The molecule has 0 unspecified atom stereocenters. The topological polar surface area (TPSA) is 78.8 Å². The lowest BCUT2D eigenvalue weighted by molar-refractivity contribution is 0.119. The van der Waals surface area contributed by atoms with Crippen molar-refractivity contribution in [3.63, 3.8) is 0 Å². The molecule has 0 heterocycles. The largest absolute Gasteiger partial charge is 0.447 e. The maximum atomic E-state index is 11.0. The van der Waals surface area contributed by atoms with Crippen LogP contribution in [0.1, 0.15) is 11.1 Å². The molecule has 1 amide bonds. The summed E-state index contributed by atoms with van der Waals surface area (Å²) >= 11 is 0. The molecular weight excluding hydrogens is 210 g/mol. The van der Waals surface area contributed by atoms with Gasteiger partial charge in [0.05, 0.1) is 13.2 Å². The third kappa shape index (κ3) is 4.29. The zero-order valence-corrected chi connectivity index (χ0v) is 8.85. The molecule has 16 heavy (non-hydrogen) atoms. The van der Waals surface area contributed by atoms with Crippen LogP contribution < -0.4 is 5.32 Å². The fraction of sp³-hybridized carbons (Fsp3) is 0.364. The third-order valence-corrected chi connectivity index (χ3v) is 1.94. The van der Waals surface area contributed by atoms with Gasteiger partial charge in [-0.2, -0.15) is 0 Å². The fourth-order valence-electron chi connectivity index (χ4n) is 1.20. The minimum atomic E-state index is -0.566. The molecule has 3 N–H and O–H groups in total. The first kappa shape index (κ1) is 12.5. The number of rotatable bonds is 5. The van der Waals surface area contributed by atoms with Crippen LogP contribution in [0.25, 0.3) is 0 Å². The van der Waals surface area contributed by atoms with Gasteiger partial charge < -0.3 is 20.3 Å². The Labute approximate surface area is 93.7 Å². The number of alkyl carbamates (subject to hydrolysis) is 1. The molecule has 88 valence electrons. The number of aliphatic hydroxyl groups is 2. The van der Waals surface area contributed by atoms with Gasteiger partial charge in [0.1, 0.15) is 6.61 Å². The van der Waals surface area contributed by atoms with Crippen molar-refractivity contribution in [2.24, 2.45) is 0 Å². The minimum Gasteiger partial charge on any atom is -0.447 e. The van der Waals surface area contributed by atoms with Gasteiger partial charge in [-0.3, -0.25) is 0 Å². The van der Waals surface area contributed by atoms with E-state index in [1.165, 1.54) is 0 Å². The standard InChI is InChI=1S/C11H15NO4/c13-4-5-16-11(15)12-7-9-2-1-3-10(6-9)8-14/h1-3,6,13-14H,4-5,7-8H2,(H,12,15). The number of aliphatic hydroxyl groups excluding tert-OH is 2. The van der Waals surface area contributed by atoms with Crippen LogP contribution in [0.3, 0.4) is 0 Å². The van der Waals surface area contributed by atoms with Crippen LogP contribution >= 0.6 is 0 Å². The third-order valence-electron chi connectivity index (χ3n) is 1.94. The van der Waals surface area contributed by atoms with Gasteiger partial charge in [-0.15, -0.1) is 0 Å². The molecule has 5 heteroatoms. The first-order valence-corrected chi connectivity index (χ1v) is 4.96. The lowest BCUT2D eigenvalue weighted by Crippen LogP contribution is -2.24. The normalized spacial score (nSPS) is 9.88. The van der Waals surface area contributed by atoms with Gasteiger partial charge in [-0.05, 0) is 11.1 Å². The summed E-state index contributed by atoms with van der Waals surface area (Å²) in [6.45, 7) is 0.108. The van der Waals surface area contributed by atoms with Crippen LogP contribution in [0.2, 0.25) is 0 Å². The summed E-state index contributed by atoms with van der Waals surface area (Å²) < 4.78 is 4.62. The number of nitrogens with one attached hydrogen (secondary N) is 1. The smallest absolute Gasteiger partial charge is 0.407 e. The van der Waals surface area contributed by atoms with Gasteiger partial charge in [0, 0.05) is 6.54 Å². The van der Waals surface area contributed by atoms with E-state index >= 15 is 0 Å². The second-order valence-electron chi connectivity index (χ2n) is 3.19. The number of carbonyl (C=O) groups excluding carboxylic acids is 1. The SMILES string of the molecule is O=C(NCc1cccc(CO)c1)OCCO. The molecule has 0 radical (unpaired) electrons. The van der Waals surface area contributed by atoms with Gasteiger partial charge in [0.15, 0.2) is 0 Å². The first-order valence-electron chi connectivity index (χ1n) is 4.96. The van der Waals surface area contributed by atoms with Crippen LogP contribution in [0.4, 0.5) is 4.79 Å². The Bertz CT molecular complexity index is 341. The number of amides is 1. The van der Waals surface area contributed by atoms with Crippen molar-refractivity contribution >= 4 is 6.09 Å². The minimum absolute atomic E-state index is 0.0114. The number of ether oxygens (including phenoxy) is 1. The Morgan fingerprint density at radius 3 is 2.75 bits per heavy atom. The molecule has 0 fully saturated rings. The Kier molecular flexibility index (Phi) is 5.31. The van der Waals surface area contributed by atoms with E-state index in [1.54, 1.807) is 12.1 Å². The summed E-state index contributed by atoms with van der Waals surface area (Å²) in [5.74, 6) is 0. The lowest BCUT2D eigenvalue weighted by Gasteiger charge is -2.06. The molecular formula is C11H15NO4. The quantitative estimate of drug-likeness (QED) is 0.677. The average molecular weight is 225 g/mol. The van der Waals surface area contributed by atoms with Crippen LogP contribution in [0, 0.1) is 0 Å². The van der Waals surface area contributed by atoms with Crippen molar-refractivity contribution in [2.45, 2.75) is 13.2 Å². The molecule has 1 aromatic rings. The average Bonchev–Trinajstić information content (AvgIpc) is 2.34. The molecule has 0 atom stereocenters. The summed E-state index contributed by atoms with van der Waals surface area (Å²) in [7, 11) is 0. The summed E-state index contributed by atoms with van der Waals surface area (Å²) in [5.41, 5.74) is 1.68. The molecule has 0 aliphatic heterocycles. The molecule has 1 rings (SSSR count). The highest BCUT2D eigenvalue weighted by atomic mass is 16.6. The lowest BCUT2D eigenvalue weighted by atomic mass is 10.1. The number of carbonyl (C=O) groups is 1. The Morgan fingerprint density at radius 2 is 2.06 bits per heavy atom. The summed E-state index contributed by atoms with van der Waals surface area (Å²) in [5, 5.41) is 19.9. The summed E-state index contributed by atoms with van der Waals surface area (Å²) in [6.07, 6.45) is -0.566. The van der Waals surface area contributed by atoms with Crippen LogP contribution in [-0.2, 0) is 17.9 Å². The van der Waals surface area contributed by atoms with Crippen LogP contribution in [0.15, 0.2) is 24.3 Å². The second kappa shape index (κ2) is 6.81. The van der Waals surface area contributed by atoms with Crippen molar-refractivity contribution in [2.75, 3.05) is 13.2 Å². The molecule has 0 spiro atoms. The second-order valence-corrected chi connectivity index (χ2v) is 3.19. The van der Waals surface area contributed by atoms with E-state index < -0.39 is 6.09 Å². The predicted molar refractivity (Wildman–Crippen MR) is 57.6 cm³/mol. The van der Waals surface area contributed by atoms with Crippen molar-refractivity contribution in [3.05, 3.63) is 35.4 Å². The maximum absolute atomic E-state index is 11.0. The van der Waals surface area contributed by atoms with Gasteiger partial charge in [-0.25, -0.2) is 4.79 Å². The maximum Gasteiger partial charge on any atom is 0.407 e. The first-order chi connectivity index (χ1) is 7.76. The van der Waals surface area contributed by atoms with Crippen molar-refractivity contribution in [3.8, 4) is 0 Å². The highest BCUT2D eigenvalue weighted by Gasteiger charge is 2.01. The molecule has 0 bridgehead atoms. The van der Waals surface area contributed by atoms with E-state index in [2.05, 4.69) is 10.1 Å². The number of hydrogen-bond donors (Lipinski definition) is 3. The number of benzene rings is 1. The molecule has 0 saturated carbocycles. The highest BCUT2D eigenvalue weighted by Crippen LogP contribution is 2.04. The van der Waals surface area contributed by atoms with E-state index in [0.717, 1.165) is 11.1 Å². The van der Waals surface area contributed by atoms with Crippen molar-refractivity contribution in [1.29, 1.82) is 0 Å². The van der Waals surface area contributed by atoms with E-state index in [4.69, 9.17) is 10.2 Å². The number of hydrogen-bond acceptors (Lipinski definition) is 4. The zero-order chi connectivity index (χ0) is 11.8. The fourth-order valence-corrected chi connectivity index (χ4v) is 1.20. The Hall–Kier alpha value is -1.59.